The number of ether oxygens (including phenoxy) is 3. The lowest BCUT2D eigenvalue weighted by Crippen LogP contribution is -2.20. The monoisotopic (exact) mass is 279 g/mol. The van der Waals surface area contributed by atoms with Gasteiger partial charge in [-0.1, -0.05) is 13.0 Å². The summed E-state index contributed by atoms with van der Waals surface area (Å²) < 4.78 is 16.6. The molecule has 0 bridgehead atoms. The Morgan fingerprint density at radius 3 is 2.70 bits per heavy atom. The molecular weight excluding hydrogens is 254 g/mol. The quantitative estimate of drug-likeness (QED) is 0.869. The van der Waals surface area contributed by atoms with Crippen molar-refractivity contribution < 1.29 is 14.2 Å². The van der Waals surface area contributed by atoms with E-state index in [9.17, 15) is 0 Å². The molecule has 0 spiro atoms. The molecule has 112 valence electrons. The summed E-state index contributed by atoms with van der Waals surface area (Å²) in [5.74, 6) is 2.22. The molecule has 2 atom stereocenters. The number of methoxy groups -OCH3 is 1. The molecule has 1 aromatic carbocycles. The summed E-state index contributed by atoms with van der Waals surface area (Å²) in [6, 6.07) is 6.54. The van der Waals surface area contributed by atoms with Gasteiger partial charge in [0.05, 0.1) is 13.2 Å². The normalized spacial score (nSPS) is 17.4. The average molecular weight is 279 g/mol. The van der Waals surface area contributed by atoms with Crippen LogP contribution in [0.5, 0.6) is 11.5 Å². The molecule has 2 unspecified atom stereocenters. The molecule has 0 saturated heterocycles. The Hall–Kier alpha value is -1.26. The van der Waals surface area contributed by atoms with Crippen LogP contribution in [0.4, 0.5) is 0 Å². The molecule has 2 rings (SSSR count). The Morgan fingerprint density at radius 1 is 1.25 bits per heavy atom. The third kappa shape index (κ3) is 3.87. The first kappa shape index (κ1) is 15.1. The lowest BCUT2D eigenvalue weighted by Gasteiger charge is -2.21. The van der Waals surface area contributed by atoms with Crippen LogP contribution in [-0.4, -0.2) is 34.0 Å². The van der Waals surface area contributed by atoms with Gasteiger partial charge in [0.15, 0.2) is 11.5 Å². The van der Waals surface area contributed by atoms with Crippen LogP contribution >= 0.6 is 0 Å². The first-order chi connectivity index (χ1) is 9.74. The molecule has 1 aliphatic heterocycles. The van der Waals surface area contributed by atoms with E-state index in [4.69, 9.17) is 14.2 Å². The highest BCUT2D eigenvalue weighted by Crippen LogP contribution is 2.33. The Morgan fingerprint density at radius 2 is 2.00 bits per heavy atom. The van der Waals surface area contributed by atoms with Gasteiger partial charge >= 0.3 is 0 Å². The smallest absolute Gasteiger partial charge is 0.161 e. The van der Waals surface area contributed by atoms with Crippen LogP contribution in [0.15, 0.2) is 18.2 Å². The molecule has 0 saturated carbocycles. The Kier molecular flexibility index (Phi) is 5.68. The number of benzene rings is 1. The fourth-order valence-electron chi connectivity index (χ4n) is 2.57. The van der Waals surface area contributed by atoms with Crippen molar-refractivity contribution in [2.45, 2.75) is 25.8 Å². The van der Waals surface area contributed by atoms with Crippen LogP contribution in [0.25, 0.3) is 0 Å². The van der Waals surface area contributed by atoms with Crippen molar-refractivity contribution in [2.75, 3.05) is 34.0 Å². The molecule has 20 heavy (non-hydrogen) atoms. The highest BCUT2D eigenvalue weighted by atomic mass is 16.5. The van der Waals surface area contributed by atoms with E-state index in [2.05, 4.69) is 24.4 Å². The van der Waals surface area contributed by atoms with Crippen molar-refractivity contribution in [1.29, 1.82) is 0 Å². The van der Waals surface area contributed by atoms with Crippen LogP contribution < -0.4 is 14.8 Å². The van der Waals surface area contributed by atoms with Crippen molar-refractivity contribution in [3.63, 3.8) is 0 Å². The number of fused-ring (bicyclic) bond motifs is 1. The van der Waals surface area contributed by atoms with E-state index in [0.717, 1.165) is 44.2 Å². The van der Waals surface area contributed by atoms with E-state index in [1.54, 1.807) is 7.11 Å². The molecule has 0 amide bonds. The van der Waals surface area contributed by atoms with Gasteiger partial charge in [0.1, 0.15) is 0 Å². The molecule has 1 N–H and O–H groups in total. The molecule has 0 aromatic heterocycles. The highest BCUT2D eigenvalue weighted by Gasteiger charge is 2.17. The Bertz CT molecular complexity index is 422. The Labute approximate surface area is 121 Å². The summed E-state index contributed by atoms with van der Waals surface area (Å²) in [5.41, 5.74) is 1.24. The number of hydrogen-bond donors (Lipinski definition) is 1. The highest BCUT2D eigenvalue weighted by molar-refractivity contribution is 5.44. The van der Waals surface area contributed by atoms with Crippen molar-refractivity contribution in [1.82, 2.24) is 5.32 Å². The molecule has 1 aromatic rings. The van der Waals surface area contributed by atoms with Crippen LogP contribution in [0.1, 0.15) is 31.4 Å². The molecule has 4 heteroatoms. The fourth-order valence-corrected chi connectivity index (χ4v) is 2.57. The van der Waals surface area contributed by atoms with Crippen molar-refractivity contribution in [3.8, 4) is 11.5 Å². The van der Waals surface area contributed by atoms with E-state index in [0.29, 0.717) is 12.0 Å². The maximum atomic E-state index is 5.76. The average Bonchev–Trinajstić information content (AvgIpc) is 2.69. The second kappa shape index (κ2) is 7.50. The summed E-state index contributed by atoms with van der Waals surface area (Å²) >= 11 is 0. The zero-order chi connectivity index (χ0) is 14.4. The minimum atomic E-state index is 0.303. The van der Waals surface area contributed by atoms with Crippen LogP contribution in [0.2, 0.25) is 0 Å². The van der Waals surface area contributed by atoms with Crippen molar-refractivity contribution >= 4 is 0 Å². The van der Waals surface area contributed by atoms with Gasteiger partial charge in [-0.25, -0.2) is 0 Å². The zero-order valence-corrected chi connectivity index (χ0v) is 12.6. The fraction of sp³-hybridized carbons (Fsp3) is 0.625. The minimum Gasteiger partial charge on any atom is -0.490 e. The lowest BCUT2D eigenvalue weighted by atomic mass is 9.96. The van der Waals surface area contributed by atoms with Gasteiger partial charge in [-0.2, -0.15) is 0 Å². The first-order valence-electron chi connectivity index (χ1n) is 7.30. The third-order valence-electron chi connectivity index (χ3n) is 3.61. The molecule has 4 nitrogen and oxygen atoms in total. The molecule has 1 aliphatic rings. The largest absolute Gasteiger partial charge is 0.490 e. The lowest BCUT2D eigenvalue weighted by molar-refractivity contribution is 0.150. The predicted octanol–water partition coefficient (Wildman–Crippen LogP) is 2.78. The van der Waals surface area contributed by atoms with E-state index in [1.165, 1.54) is 5.56 Å². The number of nitrogens with one attached hydrogen (secondary N) is 1. The first-order valence-corrected chi connectivity index (χ1v) is 7.30. The van der Waals surface area contributed by atoms with Crippen molar-refractivity contribution in [3.05, 3.63) is 23.8 Å². The molecule has 0 fully saturated rings. The Balaban J connectivity index is 2.11. The minimum absolute atomic E-state index is 0.303. The standard InChI is InChI=1S/C16H25NO3/c1-12(11-18-3)9-14(17-2)13-5-6-15-16(10-13)20-8-4-7-19-15/h5-6,10,12,14,17H,4,7-9,11H2,1-3H3. The van der Waals surface area contributed by atoms with E-state index >= 15 is 0 Å². The zero-order valence-electron chi connectivity index (χ0n) is 12.6. The SMILES string of the molecule is CNC(CC(C)COC)c1ccc2c(c1)OCCCO2. The molecule has 1 heterocycles. The predicted molar refractivity (Wildman–Crippen MR) is 79.5 cm³/mol. The summed E-state index contributed by atoms with van der Waals surface area (Å²) in [4.78, 5) is 0. The van der Waals surface area contributed by atoms with E-state index < -0.39 is 0 Å². The summed E-state index contributed by atoms with van der Waals surface area (Å²) in [5, 5.41) is 3.38. The van der Waals surface area contributed by atoms with Gasteiger partial charge in [-0.05, 0) is 37.1 Å². The van der Waals surface area contributed by atoms with Gasteiger partial charge in [0.2, 0.25) is 0 Å². The third-order valence-corrected chi connectivity index (χ3v) is 3.61. The van der Waals surface area contributed by atoms with Gasteiger partial charge in [0, 0.05) is 26.2 Å². The van der Waals surface area contributed by atoms with Gasteiger partial charge < -0.3 is 19.5 Å². The van der Waals surface area contributed by atoms with Crippen LogP contribution in [0.3, 0.4) is 0 Å². The van der Waals surface area contributed by atoms with Crippen molar-refractivity contribution in [2.24, 2.45) is 5.92 Å². The molecule has 0 radical (unpaired) electrons. The summed E-state index contributed by atoms with van der Waals surface area (Å²) in [6.07, 6.45) is 1.97. The maximum absolute atomic E-state index is 5.76. The van der Waals surface area contributed by atoms with Crippen LogP contribution in [0, 0.1) is 5.92 Å². The van der Waals surface area contributed by atoms with Crippen LogP contribution in [-0.2, 0) is 4.74 Å². The second-order valence-corrected chi connectivity index (χ2v) is 5.39. The summed E-state index contributed by atoms with van der Waals surface area (Å²) in [7, 11) is 3.74. The van der Waals surface area contributed by atoms with E-state index in [-0.39, 0.29) is 0 Å². The van der Waals surface area contributed by atoms with Gasteiger partial charge in [0.25, 0.3) is 0 Å². The number of rotatable bonds is 6. The van der Waals surface area contributed by atoms with Gasteiger partial charge in [-0.3, -0.25) is 0 Å². The molecular formula is C16H25NO3. The second-order valence-electron chi connectivity index (χ2n) is 5.39. The topological polar surface area (TPSA) is 39.7 Å². The number of hydrogen-bond acceptors (Lipinski definition) is 4. The maximum Gasteiger partial charge on any atom is 0.161 e. The summed E-state index contributed by atoms with van der Waals surface area (Å²) in [6.45, 7) is 4.44. The van der Waals surface area contributed by atoms with Gasteiger partial charge in [-0.15, -0.1) is 0 Å². The van der Waals surface area contributed by atoms with E-state index in [1.807, 2.05) is 13.1 Å². The molecule has 0 aliphatic carbocycles.